The summed E-state index contributed by atoms with van der Waals surface area (Å²) in [7, 11) is 0. The number of nitro benzene ring substituents is 1. The van der Waals surface area contributed by atoms with Crippen molar-refractivity contribution in [3.05, 3.63) is 117 Å². The summed E-state index contributed by atoms with van der Waals surface area (Å²) in [6.07, 6.45) is 1.57. The molecule has 5 rings (SSSR count). The number of ether oxygens (including phenoxy) is 1. The van der Waals surface area contributed by atoms with E-state index in [-0.39, 0.29) is 17.9 Å². The third-order valence-corrected chi connectivity index (χ3v) is 8.18. The zero-order valence-electron chi connectivity index (χ0n) is 21.4. The molecule has 2 aromatic carbocycles. The van der Waals surface area contributed by atoms with E-state index >= 15 is 0 Å². The summed E-state index contributed by atoms with van der Waals surface area (Å²) in [4.78, 5) is 42.9. The van der Waals surface area contributed by atoms with Crippen molar-refractivity contribution in [3.63, 3.8) is 0 Å². The third kappa shape index (κ3) is 4.90. The smallest absolute Gasteiger partial charge is 0.338 e. The molecule has 0 N–H and O–H groups in total. The van der Waals surface area contributed by atoms with Crippen LogP contribution in [0.15, 0.2) is 74.0 Å². The molecule has 2 aromatic heterocycles. The summed E-state index contributed by atoms with van der Waals surface area (Å²) in [6, 6.07) is 12.3. The van der Waals surface area contributed by atoms with Crippen molar-refractivity contribution in [2.24, 2.45) is 4.99 Å². The number of hydrogen-bond donors (Lipinski definition) is 0. The van der Waals surface area contributed by atoms with Gasteiger partial charge in [0.15, 0.2) is 4.80 Å². The normalized spacial score (nSPS) is 15.1. The number of benzene rings is 2. The molecule has 1 atom stereocenters. The molecule has 4 aromatic rings. The van der Waals surface area contributed by atoms with Gasteiger partial charge < -0.3 is 9.15 Å². The Labute approximate surface area is 241 Å². The minimum atomic E-state index is -0.978. The molecule has 1 aliphatic heterocycles. The highest BCUT2D eigenvalue weighted by molar-refractivity contribution is 7.07. The van der Waals surface area contributed by atoms with Crippen molar-refractivity contribution in [2.45, 2.75) is 26.8 Å². The molecule has 12 heteroatoms. The van der Waals surface area contributed by atoms with E-state index in [0.29, 0.717) is 53.3 Å². The molecule has 0 amide bonds. The molecule has 0 saturated carbocycles. The molecular weight excluding hydrogens is 577 g/mol. The number of esters is 1. The van der Waals surface area contributed by atoms with E-state index < -0.39 is 22.5 Å². The van der Waals surface area contributed by atoms with Gasteiger partial charge in [-0.2, -0.15) is 0 Å². The SMILES string of the molecule is CCOC(=O)C1=C(C)N=c2s/c(=C/c3ccc(-c4cccc(Cl)c4Cl)o3)c(=O)n2[C@H]1c1ccc(C)c([N+](=O)[O-])c1. The van der Waals surface area contributed by atoms with Crippen LogP contribution in [-0.2, 0) is 9.53 Å². The number of aryl methyl sites for hydroxylation is 1. The second-order valence-electron chi connectivity index (χ2n) is 8.91. The molecule has 204 valence electrons. The molecule has 3 heterocycles. The van der Waals surface area contributed by atoms with Gasteiger partial charge in [-0.15, -0.1) is 0 Å². The Morgan fingerprint density at radius 2 is 2.00 bits per heavy atom. The van der Waals surface area contributed by atoms with E-state index in [1.165, 1.54) is 10.6 Å². The van der Waals surface area contributed by atoms with E-state index in [0.717, 1.165) is 11.3 Å². The fourth-order valence-corrected chi connectivity index (χ4v) is 5.92. The second-order valence-corrected chi connectivity index (χ2v) is 10.7. The Balaban J connectivity index is 1.67. The molecule has 0 fully saturated rings. The van der Waals surface area contributed by atoms with Crippen LogP contribution in [0.1, 0.15) is 36.8 Å². The number of nitro groups is 1. The number of rotatable bonds is 6. The van der Waals surface area contributed by atoms with Crippen LogP contribution < -0.4 is 14.9 Å². The van der Waals surface area contributed by atoms with Crippen LogP contribution in [-0.4, -0.2) is 22.1 Å². The molecule has 1 aliphatic rings. The first-order chi connectivity index (χ1) is 19.1. The van der Waals surface area contributed by atoms with E-state index in [2.05, 4.69) is 4.99 Å². The Morgan fingerprint density at radius 3 is 2.73 bits per heavy atom. The summed E-state index contributed by atoms with van der Waals surface area (Å²) in [6.45, 7) is 5.04. The number of hydrogen-bond acceptors (Lipinski definition) is 8. The number of thiazole rings is 1. The fraction of sp³-hybridized carbons (Fsp3) is 0.179. The molecule has 9 nitrogen and oxygen atoms in total. The van der Waals surface area contributed by atoms with E-state index in [9.17, 15) is 19.7 Å². The lowest BCUT2D eigenvalue weighted by atomic mass is 9.94. The van der Waals surface area contributed by atoms with Gasteiger partial charge in [0.1, 0.15) is 11.5 Å². The van der Waals surface area contributed by atoms with Crippen LogP contribution in [0.2, 0.25) is 10.0 Å². The average Bonchev–Trinajstić information content (AvgIpc) is 3.49. The molecule has 40 heavy (non-hydrogen) atoms. The molecule has 0 aliphatic carbocycles. The molecular formula is C28H21Cl2N3O6S. The van der Waals surface area contributed by atoms with Crippen LogP contribution >= 0.6 is 34.5 Å². The van der Waals surface area contributed by atoms with Gasteiger partial charge in [-0.25, -0.2) is 9.79 Å². The number of carbonyl (C=O) groups excluding carboxylic acids is 1. The first-order valence-corrected chi connectivity index (χ1v) is 13.7. The zero-order chi connectivity index (χ0) is 28.7. The van der Waals surface area contributed by atoms with Gasteiger partial charge in [-0.1, -0.05) is 52.7 Å². The Kier molecular flexibility index (Phi) is 7.50. The number of halogens is 2. The van der Waals surface area contributed by atoms with E-state index in [1.807, 2.05) is 0 Å². The number of nitrogens with zero attached hydrogens (tertiary/aromatic N) is 3. The lowest BCUT2D eigenvalue weighted by molar-refractivity contribution is -0.385. The minimum Gasteiger partial charge on any atom is -0.463 e. The standard InChI is InChI=1S/C28H21Cl2N3O6S/c1-4-38-27(35)23-15(3)31-28-32(25(23)16-9-8-14(2)20(12-16)33(36)37)26(34)22(40-28)13-17-10-11-21(39-17)18-6-5-7-19(29)24(18)30/h5-13,25H,4H2,1-3H3/b22-13+/t25-/m0/s1. The average molecular weight is 598 g/mol. The number of carbonyl (C=O) groups is 1. The second kappa shape index (κ2) is 10.9. The van der Waals surface area contributed by atoms with Crippen molar-refractivity contribution in [1.82, 2.24) is 4.57 Å². The highest BCUT2D eigenvalue weighted by Gasteiger charge is 2.34. The maximum absolute atomic E-state index is 13.8. The van der Waals surface area contributed by atoms with Gasteiger partial charge in [-0.3, -0.25) is 19.5 Å². The molecule has 0 saturated heterocycles. The fourth-order valence-electron chi connectivity index (χ4n) is 4.50. The summed E-state index contributed by atoms with van der Waals surface area (Å²) in [5.74, 6) is 0.206. The van der Waals surface area contributed by atoms with Gasteiger partial charge in [-0.05, 0) is 50.6 Å². The Hall–Kier alpha value is -3.99. The number of aromatic nitrogens is 1. The van der Waals surface area contributed by atoms with Crippen molar-refractivity contribution in [2.75, 3.05) is 6.61 Å². The molecule has 0 spiro atoms. The third-order valence-electron chi connectivity index (χ3n) is 6.38. The van der Waals surface area contributed by atoms with Crippen molar-refractivity contribution < 1.29 is 18.9 Å². The highest BCUT2D eigenvalue weighted by Crippen LogP contribution is 2.35. The van der Waals surface area contributed by atoms with Crippen LogP contribution in [0.3, 0.4) is 0 Å². The quantitative estimate of drug-likeness (QED) is 0.163. The number of allylic oxidation sites excluding steroid dienone is 1. The van der Waals surface area contributed by atoms with Crippen LogP contribution in [0, 0.1) is 17.0 Å². The maximum Gasteiger partial charge on any atom is 0.338 e. The summed E-state index contributed by atoms with van der Waals surface area (Å²) in [5.41, 5.74) is 1.37. The first kappa shape index (κ1) is 27.6. The lowest BCUT2D eigenvalue weighted by Crippen LogP contribution is -2.40. The van der Waals surface area contributed by atoms with E-state index in [4.69, 9.17) is 32.4 Å². The summed E-state index contributed by atoms with van der Waals surface area (Å²) >= 11 is 13.6. The Morgan fingerprint density at radius 1 is 1.23 bits per heavy atom. The number of fused-ring (bicyclic) bond motifs is 1. The van der Waals surface area contributed by atoms with Gasteiger partial charge in [0.05, 0.1) is 43.4 Å². The van der Waals surface area contributed by atoms with Gasteiger partial charge in [0.25, 0.3) is 11.2 Å². The van der Waals surface area contributed by atoms with Crippen molar-refractivity contribution in [1.29, 1.82) is 0 Å². The van der Waals surface area contributed by atoms with Crippen LogP contribution in [0.25, 0.3) is 17.4 Å². The van der Waals surface area contributed by atoms with Gasteiger partial charge >= 0.3 is 5.97 Å². The lowest BCUT2D eigenvalue weighted by Gasteiger charge is -2.24. The highest BCUT2D eigenvalue weighted by atomic mass is 35.5. The zero-order valence-corrected chi connectivity index (χ0v) is 23.8. The largest absolute Gasteiger partial charge is 0.463 e. The number of furan rings is 1. The van der Waals surface area contributed by atoms with Gasteiger partial charge in [0.2, 0.25) is 0 Å². The monoisotopic (exact) mass is 597 g/mol. The Bertz CT molecular complexity index is 1900. The maximum atomic E-state index is 13.8. The van der Waals surface area contributed by atoms with Crippen LogP contribution in [0.4, 0.5) is 5.69 Å². The first-order valence-electron chi connectivity index (χ1n) is 12.1. The van der Waals surface area contributed by atoms with Crippen LogP contribution in [0.5, 0.6) is 0 Å². The molecule has 0 unspecified atom stereocenters. The van der Waals surface area contributed by atoms with Crippen molar-refractivity contribution in [3.8, 4) is 11.3 Å². The molecule has 0 bridgehead atoms. The van der Waals surface area contributed by atoms with E-state index in [1.54, 1.807) is 69.3 Å². The summed E-state index contributed by atoms with van der Waals surface area (Å²) in [5, 5.41) is 12.4. The van der Waals surface area contributed by atoms with Crippen molar-refractivity contribution >= 4 is 52.3 Å². The predicted octanol–water partition coefficient (Wildman–Crippen LogP) is 5.58. The van der Waals surface area contributed by atoms with Gasteiger partial charge in [0, 0.05) is 23.3 Å². The minimum absolute atomic E-state index is 0.109. The topological polar surface area (TPSA) is 117 Å². The predicted molar refractivity (Wildman–Crippen MR) is 152 cm³/mol. The summed E-state index contributed by atoms with van der Waals surface area (Å²) < 4.78 is 12.9. The molecule has 0 radical (unpaired) electrons.